The molecule has 0 amide bonds. The normalized spacial score (nSPS) is 16.0. The summed E-state index contributed by atoms with van der Waals surface area (Å²) in [5, 5.41) is 10.9. The zero-order valence-electron chi connectivity index (χ0n) is 7.50. The smallest absolute Gasteiger partial charge is 0.0499 e. The van der Waals surface area contributed by atoms with E-state index in [0.29, 0.717) is 6.42 Å². The molecule has 0 unspecified atom stereocenters. The van der Waals surface area contributed by atoms with Gasteiger partial charge in [-0.2, -0.15) is 0 Å². The van der Waals surface area contributed by atoms with E-state index in [-0.39, 0.29) is 12.1 Å². The van der Waals surface area contributed by atoms with Gasteiger partial charge < -0.3 is 10.8 Å². The maximum Gasteiger partial charge on any atom is 0.0499 e. The van der Waals surface area contributed by atoms with Gasteiger partial charge in [0.1, 0.15) is 0 Å². The van der Waals surface area contributed by atoms with E-state index in [0.717, 1.165) is 0 Å². The van der Waals surface area contributed by atoms with Crippen LogP contribution < -0.4 is 5.73 Å². The second-order valence-corrected chi connectivity index (χ2v) is 4.24. The molecule has 3 N–H and O–H groups in total. The monoisotopic (exact) mass is 185 g/mol. The lowest BCUT2D eigenvalue weighted by Crippen LogP contribution is -2.33. The molecule has 1 aromatic heterocycles. The first-order valence-corrected chi connectivity index (χ1v) is 4.90. The van der Waals surface area contributed by atoms with Crippen LogP contribution in [0.2, 0.25) is 0 Å². The molecule has 0 aromatic carbocycles. The molecule has 1 atom stereocenters. The predicted molar refractivity (Wildman–Crippen MR) is 52.3 cm³/mol. The molecule has 0 aliphatic carbocycles. The number of aliphatic hydroxyl groups is 1. The Morgan fingerprint density at radius 2 is 2.33 bits per heavy atom. The number of hydrogen-bond acceptors (Lipinski definition) is 3. The van der Waals surface area contributed by atoms with E-state index >= 15 is 0 Å². The van der Waals surface area contributed by atoms with E-state index in [9.17, 15) is 0 Å². The number of thiophene rings is 1. The summed E-state index contributed by atoms with van der Waals surface area (Å²) in [6, 6.07) is 2.06. The van der Waals surface area contributed by atoms with Gasteiger partial charge in [-0.3, -0.25) is 0 Å². The Morgan fingerprint density at radius 1 is 1.67 bits per heavy atom. The fourth-order valence-electron chi connectivity index (χ4n) is 1.30. The van der Waals surface area contributed by atoms with Crippen LogP contribution in [0, 0.1) is 6.92 Å². The van der Waals surface area contributed by atoms with Gasteiger partial charge >= 0.3 is 0 Å². The van der Waals surface area contributed by atoms with Crippen molar-refractivity contribution in [2.45, 2.75) is 25.8 Å². The summed E-state index contributed by atoms with van der Waals surface area (Å²) in [5.74, 6) is 0. The summed E-state index contributed by atoms with van der Waals surface area (Å²) in [7, 11) is 0. The maximum atomic E-state index is 8.82. The van der Waals surface area contributed by atoms with Crippen LogP contribution in [0.1, 0.15) is 23.8 Å². The van der Waals surface area contributed by atoms with Crippen molar-refractivity contribution < 1.29 is 5.11 Å². The van der Waals surface area contributed by atoms with Crippen molar-refractivity contribution >= 4 is 11.3 Å². The second kappa shape index (κ2) is 3.56. The van der Waals surface area contributed by atoms with Gasteiger partial charge in [0.05, 0.1) is 0 Å². The van der Waals surface area contributed by atoms with Gasteiger partial charge in [-0.05, 0) is 37.3 Å². The van der Waals surface area contributed by atoms with Crippen molar-refractivity contribution in [2.24, 2.45) is 5.73 Å². The molecule has 1 heterocycles. The molecular weight excluding hydrogens is 170 g/mol. The summed E-state index contributed by atoms with van der Waals surface area (Å²) in [4.78, 5) is 1.18. The standard InChI is InChI=1S/C9H15NOS/c1-7-3-6-12-8(7)9(2,10)4-5-11/h3,6,11H,4-5,10H2,1-2H3/t9-/m1/s1. The summed E-state index contributed by atoms with van der Waals surface area (Å²) in [5.41, 5.74) is 6.90. The highest BCUT2D eigenvalue weighted by molar-refractivity contribution is 7.10. The van der Waals surface area contributed by atoms with Crippen molar-refractivity contribution in [2.75, 3.05) is 6.61 Å². The van der Waals surface area contributed by atoms with E-state index in [1.807, 2.05) is 19.2 Å². The van der Waals surface area contributed by atoms with Crippen molar-refractivity contribution in [1.82, 2.24) is 0 Å². The molecule has 0 aliphatic rings. The third-order valence-corrected chi connectivity index (χ3v) is 3.31. The Labute approximate surface area is 77.0 Å². The Balaban J connectivity index is 2.88. The fraction of sp³-hybridized carbons (Fsp3) is 0.556. The van der Waals surface area contributed by atoms with E-state index in [2.05, 4.69) is 6.07 Å². The molecule has 1 rings (SSSR count). The molecule has 0 bridgehead atoms. The van der Waals surface area contributed by atoms with Gasteiger partial charge in [0.15, 0.2) is 0 Å². The molecule has 0 fully saturated rings. The largest absolute Gasteiger partial charge is 0.396 e. The molecule has 12 heavy (non-hydrogen) atoms. The third-order valence-electron chi connectivity index (χ3n) is 2.01. The summed E-state index contributed by atoms with van der Waals surface area (Å²) in [6.07, 6.45) is 0.619. The van der Waals surface area contributed by atoms with Crippen LogP contribution in [0.3, 0.4) is 0 Å². The highest BCUT2D eigenvalue weighted by atomic mass is 32.1. The Morgan fingerprint density at radius 3 is 2.75 bits per heavy atom. The molecule has 2 nitrogen and oxygen atoms in total. The number of hydrogen-bond donors (Lipinski definition) is 2. The summed E-state index contributed by atoms with van der Waals surface area (Å²) in [6.45, 7) is 4.15. The lowest BCUT2D eigenvalue weighted by atomic mass is 9.95. The molecule has 0 aliphatic heterocycles. The van der Waals surface area contributed by atoms with Gasteiger partial charge in [0.25, 0.3) is 0 Å². The van der Waals surface area contributed by atoms with Gasteiger partial charge in [-0.1, -0.05) is 0 Å². The quantitative estimate of drug-likeness (QED) is 0.751. The molecule has 0 spiro atoms. The predicted octanol–water partition coefficient (Wildman–Crippen LogP) is 1.61. The average Bonchev–Trinajstić information content (AvgIpc) is 2.35. The van der Waals surface area contributed by atoms with Crippen molar-refractivity contribution in [3.8, 4) is 0 Å². The fourth-order valence-corrected chi connectivity index (χ4v) is 2.34. The Bertz CT molecular complexity index is 255. The number of aryl methyl sites for hydroxylation is 1. The Kier molecular flexibility index (Phi) is 2.88. The van der Waals surface area contributed by atoms with Crippen LogP contribution in [-0.2, 0) is 5.54 Å². The van der Waals surface area contributed by atoms with Crippen molar-refractivity contribution in [3.05, 3.63) is 21.9 Å². The van der Waals surface area contributed by atoms with Crippen molar-refractivity contribution in [3.63, 3.8) is 0 Å². The van der Waals surface area contributed by atoms with Gasteiger partial charge in [0.2, 0.25) is 0 Å². The third kappa shape index (κ3) is 1.86. The van der Waals surface area contributed by atoms with Gasteiger partial charge in [-0.15, -0.1) is 11.3 Å². The first-order chi connectivity index (χ1) is 5.58. The number of nitrogens with two attached hydrogens (primary N) is 1. The average molecular weight is 185 g/mol. The first kappa shape index (κ1) is 9.71. The van der Waals surface area contributed by atoms with Crippen LogP contribution in [-0.4, -0.2) is 11.7 Å². The lowest BCUT2D eigenvalue weighted by molar-refractivity contribution is 0.248. The minimum absolute atomic E-state index is 0.143. The molecule has 3 heteroatoms. The molecule has 0 saturated heterocycles. The molecular formula is C9H15NOS. The van der Waals surface area contributed by atoms with Crippen LogP contribution in [0.5, 0.6) is 0 Å². The highest BCUT2D eigenvalue weighted by Crippen LogP contribution is 2.29. The SMILES string of the molecule is Cc1ccsc1[C@](C)(N)CCO. The van der Waals surface area contributed by atoms with E-state index in [4.69, 9.17) is 10.8 Å². The molecule has 68 valence electrons. The molecule has 0 saturated carbocycles. The van der Waals surface area contributed by atoms with Crippen LogP contribution in [0.4, 0.5) is 0 Å². The summed E-state index contributed by atoms with van der Waals surface area (Å²) >= 11 is 1.66. The van der Waals surface area contributed by atoms with Crippen molar-refractivity contribution in [1.29, 1.82) is 0 Å². The van der Waals surface area contributed by atoms with E-state index in [1.54, 1.807) is 11.3 Å². The zero-order chi connectivity index (χ0) is 9.19. The number of aliphatic hydroxyl groups excluding tert-OH is 1. The van der Waals surface area contributed by atoms with Gasteiger partial charge in [0, 0.05) is 17.0 Å². The van der Waals surface area contributed by atoms with E-state index in [1.165, 1.54) is 10.4 Å². The molecule has 1 aromatic rings. The van der Waals surface area contributed by atoms with Gasteiger partial charge in [-0.25, -0.2) is 0 Å². The van der Waals surface area contributed by atoms with Crippen LogP contribution in [0.15, 0.2) is 11.4 Å². The zero-order valence-corrected chi connectivity index (χ0v) is 8.32. The second-order valence-electron chi connectivity index (χ2n) is 3.32. The Hall–Kier alpha value is -0.380. The first-order valence-electron chi connectivity index (χ1n) is 4.02. The summed E-state index contributed by atoms with van der Waals surface area (Å²) < 4.78 is 0. The van der Waals surface area contributed by atoms with E-state index < -0.39 is 0 Å². The number of rotatable bonds is 3. The van der Waals surface area contributed by atoms with Crippen LogP contribution >= 0.6 is 11.3 Å². The molecule has 0 radical (unpaired) electrons. The minimum Gasteiger partial charge on any atom is -0.396 e. The highest BCUT2D eigenvalue weighted by Gasteiger charge is 2.23. The minimum atomic E-state index is -0.368. The lowest BCUT2D eigenvalue weighted by Gasteiger charge is -2.23. The maximum absolute atomic E-state index is 8.82. The van der Waals surface area contributed by atoms with Crippen LogP contribution in [0.25, 0.3) is 0 Å². The topological polar surface area (TPSA) is 46.2 Å².